The second kappa shape index (κ2) is 6.14. The number of amides is 4. The molecule has 2 aliphatic rings. The monoisotopic (exact) mass is 375 g/mol. The molecule has 1 saturated heterocycles. The van der Waals surface area contributed by atoms with Crippen LogP contribution in [0.2, 0.25) is 0 Å². The van der Waals surface area contributed by atoms with E-state index in [-0.39, 0.29) is 30.6 Å². The lowest BCUT2D eigenvalue weighted by Crippen LogP contribution is -2.63. The molecule has 27 heavy (non-hydrogen) atoms. The van der Waals surface area contributed by atoms with E-state index >= 15 is 0 Å². The van der Waals surface area contributed by atoms with Gasteiger partial charge in [-0.15, -0.1) is 0 Å². The Labute approximate surface area is 155 Å². The first-order valence-electron chi connectivity index (χ1n) is 8.56. The molecule has 2 heterocycles. The average molecular weight is 375 g/mol. The van der Waals surface area contributed by atoms with Gasteiger partial charge in [-0.25, -0.2) is 9.59 Å². The molecule has 1 fully saturated rings. The number of anilines is 1. The van der Waals surface area contributed by atoms with Crippen LogP contribution in [-0.2, 0) is 20.9 Å². The van der Waals surface area contributed by atoms with Crippen LogP contribution in [0.5, 0.6) is 0 Å². The van der Waals surface area contributed by atoms with Gasteiger partial charge in [-0.05, 0) is 26.8 Å². The molecule has 4 amide bonds. The molecule has 0 radical (unpaired) electrons. The molecule has 9 heteroatoms. The number of piperidine rings is 1. The number of nitrogens with two attached hydrogens (primary N) is 1. The molecular formula is C18H21N3O6. The Balaban J connectivity index is 1.93. The van der Waals surface area contributed by atoms with Gasteiger partial charge in [-0.3, -0.25) is 14.2 Å². The van der Waals surface area contributed by atoms with Crippen molar-refractivity contribution < 1.29 is 28.6 Å². The van der Waals surface area contributed by atoms with E-state index in [2.05, 4.69) is 0 Å². The predicted molar refractivity (Wildman–Crippen MR) is 93.6 cm³/mol. The fraction of sp³-hybridized carbons (Fsp3) is 0.444. The van der Waals surface area contributed by atoms with Gasteiger partial charge in [0.05, 0.1) is 0 Å². The molecule has 3 rings (SSSR count). The Kier molecular flexibility index (Phi) is 4.32. The number of hydrogen-bond donors (Lipinski definition) is 1. The minimum atomic E-state index is -1.49. The number of quaternary nitrogens is 1. The third kappa shape index (κ3) is 3.08. The molecule has 0 spiro atoms. The maximum Gasteiger partial charge on any atom is 0.424 e. The van der Waals surface area contributed by atoms with Crippen molar-refractivity contribution in [2.24, 2.45) is 0 Å². The summed E-state index contributed by atoms with van der Waals surface area (Å²) in [4.78, 5) is 50.4. The van der Waals surface area contributed by atoms with E-state index in [0.29, 0.717) is 10.5 Å². The lowest BCUT2D eigenvalue weighted by atomic mass is 10.0. The maximum absolute atomic E-state index is 13.4. The Morgan fingerprint density at radius 2 is 1.96 bits per heavy atom. The molecule has 1 aromatic rings. The molecule has 144 valence electrons. The molecule has 0 aliphatic carbocycles. The van der Waals surface area contributed by atoms with Gasteiger partial charge in [0, 0.05) is 24.1 Å². The molecule has 0 bridgehead atoms. The minimum Gasteiger partial charge on any atom is -0.624 e. The van der Waals surface area contributed by atoms with Crippen molar-refractivity contribution in [3.05, 3.63) is 34.5 Å². The zero-order valence-electron chi connectivity index (χ0n) is 15.4. The van der Waals surface area contributed by atoms with Gasteiger partial charge < -0.3 is 15.7 Å². The molecule has 2 N–H and O–H groups in total. The van der Waals surface area contributed by atoms with E-state index in [1.54, 1.807) is 32.9 Å². The second-order valence-electron chi connectivity index (χ2n) is 7.74. The van der Waals surface area contributed by atoms with E-state index in [1.807, 2.05) is 0 Å². The number of imide groups is 3. The van der Waals surface area contributed by atoms with Crippen LogP contribution in [-0.4, -0.2) is 45.0 Å². The quantitative estimate of drug-likeness (QED) is 0.342. The van der Waals surface area contributed by atoms with Gasteiger partial charge in [0.15, 0.2) is 6.04 Å². The number of rotatable bonds is 1. The van der Waals surface area contributed by atoms with Gasteiger partial charge in [-0.2, -0.15) is 4.90 Å². The number of carbonyl (C=O) groups is 4. The van der Waals surface area contributed by atoms with Crippen molar-refractivity contribution in [3.63, 3.8) is 0 Å². The van der Waals surface area contributed by atoms with Crippen molar-refractivity contribution in [2.75, 3.05) is 5.73 Å². The lowest BCUT2D eigenvalue weighted by molar-refractivity contribution is -0.825. The molecule has 2 atom stereocenters. The van der Waals surface area contributed by atoms with Gasteiger partial charge in [-0.1, -0.05) is 12.1 Å². The maximum atomic E-state index is 13.4. The third-order valence-electron chi connectivity index (χ3n) is 4.61. The predicted octanol–water partition coefficient (Wildman–Crippen LogP) is 1.69. The van der Waals surface area contributed by atoms with Gasteiger partial charge >= 0.3 is 12.0 Å². The summed E-state index contributed by atoms with van der Waals surface area (Å²) in [5, 5.41) is 13.4. The minimum absolute atomic E-state index is 0.0982. The van der Waals surface area contributed by atoms with Gasteiger partial charge in [0.1, 0.15) is 17.7 Å². The van der Waals surface area contributed by atoms with E-state index in [9.17, 15) is 24.4 Å². The van der Waals surface area contributed by atoms with Gasteiger partial charge in [0.25, 0.3) is 5.91 Å². The van der Waals surface area contributed by atoms with Crippen LogP contribution in [0.25, 0.3) is 0 Å². The first kappa shape index (κ1) is 19.0. The normalized spacial score (nSPS) is 25.6. The second-order valence-corrected chi connectivity index (χ2v) is 7.74. The fourth-order valence-electron chi connectivity index (χ4n) is 3.43. The Morgan fingerprint density at radius 1 is 1.30 bits per heavy atom. The molecule has 0 saturated carbocycles. The summed E-state index contributed by atoms with van der Waals surface area (Å²) in [5.74, 6) is -2.60. The topological polar surface area (TPSA) is 130 Å². The molecule has 9 nitrogen and oxygen atoms in total. The van der Waals surface area contributed by atoms with Crippen molar-refractivity contribution in [2.45, 2.75) is 51.8 Å². The van der Waals surface area contributed by atoms with E-state index in [0.717, 1.165) is 0 Å². The number of carbonyl (C=O) groups excluding carboxylic acids is 4. The number of likely N-dealkylation sites (tertiary alicyclic amines) is 1. The summed E-state index contributed by atoms with van der Waals surface area (Å²) in [6.07, 6.45) is -1.48. The highest BCUT2D eigenvalue weighted by atomic mass is 16.6. The Bertz CT molecular complexity index is 859. The summed E-state index contributed by atoms with van der Waals surface area (Å²) >= 11 is 0. The zero-order chi connectivity index (χ0) is 20.1. The first-order valence-corrected chi connectivity index (χ1v) is 8.56. The number of nitrogens with zero attached hydrogens (tertiary/aromatic N) is 2. The van der Waals surface area contributed by atoms with Crippen LogP contribution in [0, 0.1) is 5.21 Å². The summed E-state index contributed by atoms with van der Waals surface area (Å²) < 4.78 is 3.61. The Morgan fingerprint density at radius 3 is 2.56 bits per heavy atom. The number of fused-ring (bicyclic) bond motifs is 1. The molecule has 0 aromatic heterocycles. The number of hydrogen-bond acceptors (Lipinski definition) is 7. The highest BCUT2D eigenvalue weighted by Crippen LogP contribution is 2.38. The average Bonchev–Trinajstić information content (AvgIpc) is 2.78. The lowest BCUT2D eigenvalue weighted by Gasteiger charge is -2.44. The number of hydroxylamine groups is 3. The summed E-state index contributed by atoms with van der Waals surface area (Å²) in [6.45, 7) is 4.50. The summed E-state index contributed by atoms with van der Waals surface area (Å²) in [7, 11) is 0. The standard InChI is InChI=1S/C18H21N3O6/c1-18(2,3)27-17(25)20-13(22)8-7-12(15(20)23)21(26)9-10-5-4-6-11(19)14(10)16(21)24/h4-6,12H,7-9,19H2,1-3H3. The first-order chi connectivity index (χ1) is 12.5. The Hall–Kier alpha value is -2.78. The van der Waals surface area contributed by atoms with Crippen molar-refractivity contribution in [1.82, 2.24) is 4.90 Å². The summed E-state index contributed by atoms with van der Waals surface area (Å²) in [6, 6.07) is 3.32. The highest BCUT2D eigenvalue weighted by Gasteiger charge is 2.54. The van der Waals surface area contributed by atoms with Crippen molar-refractivity contribution >= 4 is 29.5 Å². The van der Waals surface area contributed by atoms with Gasteiger partial charge in [0.2, 0.25) is 5.91 Å². The van der Waals surface area contributed by atoms with Crippen molar-refractivity contribution in [1.29, 1.82) is 0 Å². The molecule has 2 unspecified atom stereocenters. The number of benzene rings is 1. The highest BCUT2D eigenvalue weighted by molar-refractivity contribution is 6.12. The van der Waals surface area contributed by atoms with Crippen LogP contribution >= 0.6 is 0 Å². The molecule has 1 aromatic carbocycles. The van der Waals surface area contributed by atoms with Crippen LogP contribution in [0.15, 0.2) is 18.2 Å². The van der Waals surface area contributed by atoms with Crippen molar-refractivity contribution in [3.8, 4) is 0 Å². The summed E-state index contributed by atoms with van der Waals surface area (Å²) in [5.41, 5.74) is 5.60. The van der Waals surface area contributed by atoms with Crippen LogP contribution in [0.4, 0.5) is 10.5 Å². The zero-order valence-corrected chi connectivity index (χ0v) is 15.4. The van der Waals surface area contributed by atoms with E-state index < -0.39 is 40.1 Å². The fourth-order valence-corrected chi connectivity index (χ4v) is 3.43. The number of nitrogen functional groups attached to an aromatic ring is 1. The smallest absolute Gasteiger partial charge is 0.424 e. The van der Waals surface area contributed by atoms with E-state index in [4.69, 9.17) is 10.5 Å². The third-order valence-corrected chi connectivity index (χ3v) is 4.61. The largest absolute Gasteiger partial charge is 0.624 e. The van der Waals surface area contributed by atoms with Crippen LogP contribution in [0.3, 0.4) is 0 Å². The van der Waals surface area contributed by atoms with Crippen LogP contribution in [0.1, 0.15) is 49.5 Å². The van der Waals surface area contributed by atoms with Crippen LogP contribution < -0.4 is 5.73 Å². The molecular weight excluding hydrogens is 354 g/mol. The SMILES string of the molecule is CC(C)(C)OC(=O)N1C(=O)CCC([N+]2([O-])Cc3cccc(N)c3C2=O)C1=O. The van der Waals surface area contributed by atoms with E-state index in [1.165, 1.54) is 6.07 Å². The molecule has 2 aliphatic heterocycles. The number of ether oxygens (including phenoxy) is 1.